The molecule has 0 saturated carbocycles. The van der Waals surface area contributed by atoms with Crippen LogP contribution in [0.4, 0.5) is 10.2 Å². The van der Waals surface area contributed by atoms with Crippen molar-refractivity contribution in [2.45, 2.75) is 6.54 Å². The van der Waals surface area contributed by atoms with Crippen LogP contribution in [0, 0.1) is 5.82 Å². The molecule has 106 valence electrons. The van der Waals surface area contributed by atoms with Gasteiger partial charge < -0.3 is 15.4 Å². The van der Waals surface area contributed by atoms with Gasteiger partial charge in [0, 0.05) is 24.3 Å². The van der Waals surface area contributed by atoms with Crippen molar-refractivity contribution in [3.8, 4) is 0 Å². The predicted molar refractivity (Wildman–Crippen MR) is 74.6 cm³/mol. The van der Waals surface area contributed by atoms with Crippen LogP contribution in [0.5, 0.6) is 0 Å². The molecule has 21 heavy (non-hydrogen) atoms. The lowest BCUT2D eigenvalue weighted by Crippen LogP contribution is -2.09. The van der Waals surface area contributed by atoms with Gasteiger partial charge in [0.15, 0.2) is 0 Å². The molecule has 3 aromatic rings. The van der Waals surface area contributed by atoms with Gasteiger partial charge in [0.2, 0.25) is 0 Å². The number of H-pyrrole nitrogens is 1. The van der Waals surface area contributed by atoms with Crippen molar-refractivity contribution in [2.24, 2.45) is 0 Å². The molecule has 0 aliphatic rings. The Morgan fingerprint density at radius 3 is 3.05 bits per heavy atom. The Morgan fingerprint density at radius 2 is 2.24 bits per heavy atom. The van der Waals surface area contributed by atoms with Gasteiger partial charge in [-0.25, -0.2) is 19.2 Å². The van der Waals surface area contributed by atoms with Gasteiger partial charge in [0.05, 0.1) is 6.20 Å². The van der Waals surface area contributed by atoms with Gasteiger partial charge in [0.25, 0.3) is 0 Å². The molecule has 0 atom stereocenters. The summed E-state index contributed by atoms with van der Waals surface area (Å²) in [7, 11) is 0. The third-order valence-corrected chi connectivity index (χ3v) is 3.08. The number of carboxylic acids is 1. The first-order valence-electron chi connectivity index (χ1n) is 6.19. The second kappa shape index (κ2) is 5.20. The van der Waals surface area contributed by atoms with Crippen LogP contribution in [-0.2, 0) is 6.54 Å². The topological polar surface area (TPSA) is 90.9 Å². The van der Waals surface area contributed by atoms with Gasteiger partial charge in [0.1, 0.15) is 22.8 Å². The Bertz CT molecular complexity index is 816. The summed E-state index contributed by atoms with van der Waals surface area (Å²) in [5, 5.41) is 12.9. The van der Waals surface area contributed by atoms with Crippen LogP contribution in [0.2, 0.25) is 0 Å². The van der Waals surface area contributed by atoms with E-state index in [9.17, 15) is 9.18 Å². The molecule has 3 aromatic heterocycles. The van der Waals surface area contributed by atoms with E-state index in [-0.39, 0.29) is 11.4 Å². The zero-order chi connectivity index (χ0) is 14.8. The average molecular weight is 286 g/mol. The maximum atomic E-state index is 13.1. The molecule has 0 aliphatic heterocycles. The van der Waals surface area contributed by atoms with Crippen LogP contribution >= 0.6 is 0 Å². The number of anilines is 1. The third kappa shape index (κ3) is 2.53. The second-order valence-corrected chi connectivity index (χ2v) is 4.42. The van der Waals surface area contributed by atoms with Crippen LogP contribution in [-0.4, -0.2) is 26.0 Å². The van der Waals surface area contributed by atoms with E-state index in [0.717, 1.165) is 28.9 Å². The number of pyridine rings is 2. The van der Waals surface area contributed by atoms with Crippen LogP contribution in [0.3, 0.4) is 0 Å². The number of fused-ring (bicyclic) bond motifs is 1. The highest BCUT2D eigenvalue weighted by Gasteiger charge is 2.13. The number of aromatic carboxylic acids is 1. The van der Waals surface area contributed by atoms with E-state index in [1.165, 1.54) is 0 Å². The molecule has 3 heterocycles. The summed E-state index contributed by atoms with van der Waals surface area (Å²) in [5.41, 5.74) is 1.48. The number of rotatable bonds is 4. The van der Waals surface area contributed by atoms with Crippen molar-refractivity contribution in [3.05, 3.63) is 53.7 Å². The molecule has 0 aliphatic carbocycles. The highest BCUT2D eigenvalue weighted by atomic mass is 19.1. The van der Waals surface area contributed by atoms with E-state index in [1.54, 1.807) is 12.4 Å². The van der Waals surface area contributed by atoms with Crippen molar-refractivity contribution < 1.29 is 14.3 Å². The zero-order valence-electron chi connectivity index (χ0n) is 10.8. The fraction of sp³-hybridized carbons (Fsp3) is 0.0714. The highest BCUT2D eigenvalue weighted by molar-refractivity contribution is 5.93. The SMILES string of the molecule is O=C(O)c1cc(F)cnc1NCc1ccnc2[nH]ccc12. The Hall–Kier alpha value is -2.96. The molecule has 3 N–H and O–H groups in total. The molecule has 0 radical (unpaired) electrons. The lowest BCUT2D eigenvalue weighted by atomic mass is 10.2. The molecule has 0 aromatic carbocycles. The number of aromatic amines is 1. The fourth-order valence-electron chi connectivity index (χ4n) is 2.09. The molecule has 0 amide bonds. The number of carbonyl (C=O) groups is 1. The Balaban J connectivity index is 1.88. The standard InChI is InChI=1S/C14H11FN4O2/c15-9-5-11(14(20)21)13(19-7-9)18-6-8-1-3-16-12-10(8)2-4-17-12/h1-5,7H,6H2,(H,16,17)(H,18,19)(H,20,21). The van der Waals surface area contributed by atoms with E-state index in [2.05, 4.69) is 20.3 Å². The third-order valence-electron chi connectivity index (χ3n) is 3.08. The summed E-state index contributed by atoms with van der Waals surface area (Å²) in [6.07, 6.45) is 4.42. The molecule has 0 spiro atoms. The summed E-state index contributed by atoms with van der Waals surface area (Å²) in [4.78, 5) is 22.1. The van der Waals surface area contributed by atoms with Gasteiger partial charge in [-0.3, -0.25) is 0 Å². The zero-order valence-corrected chi connectivity index (χ0v) is 10.8. The van der Waals surface area contributed by atoms with Gasteiger partial charge in [-0.05, 0) is 23.8 Å². The minimum atomic E-state index is -1.23. The minimum absolute atomic E-state index is 0.129. The summed E-state index contributed by atoms with van der Waals surface area (Å²) in [5.74, 6) is -1.79. The summed E-state index contributed by atoms with van der Waals surface area (Å²) in [6, 6.07) is 4.65. The number of halogens is 1. The number of nitrogens with zero attached hydrogens (tertiary/aromatic N) is 2. The van der Waals surface area contributed by atoms with Crippen LogP contribution in [0.15, 0.2) is 36.8 Å². The highest BCUT2D eigenvalue weighted by Crippen LogP contribution is 2.18. The van der Waals surface area contributed by atoms with E-state index in [1.807, 2.05) is 12.1 Å². The van der Waals surface area contributed by atoms with E-state index < -0.39 is 11.8 Å². The minimum Gasteiger partial charge on any atom is -0.478 e. The molecule has 7 heteroatoms. The van der Waals surface area contributed by atoms with Gasteiger partial charge in [-0.1, -0.05) is 0 Å². The molecule has 3 rings (SSSR count). The van der Waals surface area contributed by atoms with Crippen molar-refractivity contribution in [3.63, 3.8) is 0 Å². The Kier molecular flexibility index (Phi) is 3.23. The Morgan fingerprint density at radius 1 is 1.38 bits per heavy atom. The van der Waals surface area contributed by atoms with Crippen LogP contribution in [0.1, 0.15) is 15.9 Å². The molecule has 0 bridgehead atoms. The number of aromatic nitrogens is 3. The maximum Gasteiger partial charge on any atom is 0.339 e. The van der Waals surface area contributed by atoms with Crippen LogP contribution < -0.4 is 5.32 Å². The number of nitrogens with one attached hydrogen (secondary N) is 2. The van der Waals surface area contributed by atoms with Gasteiger partial charge in [-0.15, -0.1) is 0 Å². The predicted octanol–water partition coefficient (Wildman–Crippen LogP) is 2.41. The van der Waals surface area contributed by atoms with Crippen LogP contribution in [0.25, 0.3) is 11.0 Å². The van der Waals surface area contributed by atoms with E-state index in [0.29, 0.717) is 6.54 Å². The first-order chi connectivity index (χ1) is 10.1. The molecule has 0 fully saturated rings. The molecule has 6 nitrogen and oxygen atoms in total. The molecule has 0 unspecified atom stereocenters. The van der Waals surface area contributed by atoms with E-state index in [4.69, 9.17) is 5.11 Å². The largest absolute Gasteiger partial charge is 0.478 e. The van der Waals surface area contributed by atoms with Crippen molar-refractivity contribution in [2.75, 3.05) is 5.32 Å². The van der Waals surface area contributed by atoms with Gasteiger partial charge in [-0.2, -0.15) is 0 Å². The normalized spacial score (nSPS) is 10.7. The first kappa shape index (κ1) is 13.0. The van der Waals surface area contributed by atoms with Gasteiger partial charge >= 0.3 is 5.97 Å². The number of hydrogen-bond acceptors (Lipinski definition) is 4. The molecule has 0 saturated heterocycles. The van der Waals surface area contributed by atoms with Crippen molar-refractivity contribution in [1.29, 1.82) is 0 Å². The molecular formula is C14H11FN4O2. The lowest BCUT2D eigenvalue weighted by Gasteiger charge is -2.09. The summed E-state index contributed by atoms with van der Waals surface area (Å²) in [6.45, 7) is 0.357. The number of carboxylic acid groups (broad SMARTS) is 1. The summed E-state index contributed by atoms with van der Waals surface area (Å²) < 4.78 is 13.1. The molecular weight excluding hydrogens is 275 g/mol. The monoisotopic (exact) mass is 286 g/mol. The Labute approximate surface area is 118 Å². The average Bonchev–Trinajstić information content (AvgIpc) is 2.94. The second-order valence-electron chi connectivity index (χ2n) is 4.42. The maximum absolute atomic E-state index is 13.1. The van der Waals surface area contributed by atoms with Crippen molar-refractivity contribution >= 4 is 22.8 Å². The number of hydrogen-bond donors (Lipinski definition) is 3. The van der Waals surface area contributed by atoms with E-state index >= 15 is 0 Å². The van der Waals surface area contributed by atoms with Crippen molar-refractivity contribution in [1.82, 2.24) is 15.0 Å². The smallest absolute Gasteiger partial charge is 0.339 e. The first-order valence-corrected chi connectivity index (χ1v) is 6.19. The lowest BCUT2D eigenvalue weighted by molar-refractivity contribution is 0.0697. The summed E-state index contributed by atoms with van der Waals surface area (Å²) >= 11 is 0. The quantitative estimate of drug-likeness (QED) is 0.685. The fourth-order valence-corrected chi connectivity index (χ4v) is 2.09.